The van der Waals surface area contributed by atoms with Gasteiger partial charge in [0.2, 0.25) is 0 Å². The van der Waals surface area contributed by atoms with Gasteiger partial charge in [-0.15, -0.1) is 0 Å². The minimum absolute atomic E-state index is 0.0781. The van der Waals surface area contributed by atoms with E-state index >= 15 is 0 Å². The highest BCUT2D eigenvalue weighted by molar-refractivity contribution is 5.74. The maximum absolute atomic E-state index is 12.6. The zero-order chi connectivity index (χ0) is 14.0. The second-order valence-corrected chi connectivity index (χ2v) is 3.70. The van der Waals surface area contributed by atoms with Gasteiger partial charge in [0.1, 0.15) is 6.07 Å². The highest BCUT2D eigenvalue weighted by Gasteiger charge is 2.31. The molecule has 0 saturated carbocycles. The Morgan fingerprint density at radius 3 is 2.42 bits per heavy atom. The largest absolute Gasteiger partial charge is 0.416 e. The lowest BCUT2D eigenvalue weighted by Gasteiger charge is -2.10. The summed E-state index contributed by atoms with van der Waals surface area (Å²) in [5.41, 5.74) is 5.37. The Morgan fingerprint density at radius 2 is 1.89 bits per heavy atom. The summed E-state index contributed by atoms with van der Waals surface area (Å²) >= 11 is 0. The van der Waals surface area contributed by atoms with Crippen LogP contribution in [0.5, 0.6) is 0 Å². The van der Waals surface area contributed by atoms with Crippen molar-refractivity contribution < 1.29 is 13.2 Å². The fraction of sp³-hybridized carbons (Fsp3) is 0.0833. The van der Waals surface area contributed by atoms with Crippen molar-refractivity contribution in [2.75, 3.05) is 5.73 Å². The maximum atomic E-state index is 12.6. The fourth-order valence-electron chi connectivity index (χ4n) is 1.48. The van der Waals surface area contributed by atoms with Crippen LogP contribution in [0.2, 0.25) is 0 Å². The van der Waals surface area contributed by atoms with E-state index in [1.54, 1.807) is 6.07 Å². The van der Waals surface area contributed by atoms with E-state index in [-0.39, 0.29) is 22.6 Å². The predicted octanol–water partition coefficient (Wildman–Crippen LogP) is 2.62. The number of hydrogen-bond acceptors (Lipinski definition) is 4. The number of anilines is 1. The molecule has 0 unspecified atom stereocenters. The quantitative estimate of drug-likeness (QED) is 0.803. The van der Waals surface area contributed by atoms with Gasteiger partial charge in [-0.2, -0.15) is 18.4 Å². The minimum atomic E-state index is -4.46. The minimum Gasteiger partial charge on any atom is -0.398 e. The molecule has 0 aliphatic carbocycles. The lowest BCUT2D eigenvalue weighted by molar-refractivity contribution is -0.137. The third-order valence-electron chi connectivity index (χ3n) is 2.42. The summed E-state index contributed by atoms with van der Waals surface area (Å²) in [6.45, 7) is 0. The van der Waals surface area contributed by atoms with Gasteiger partial charge in [-0.3, -0.25) is 4.98 Å². The average molecular weight is 264 g/mol. The van der Waals surface area contributed by atoms with Gasteiger partial charge >= 0.3 is 6.18 Å². The number of nitriles is 1. The summed E-state index contributed by atoms with van der Waals surface area (Å²) in [5, 5.41) is 8.58. The number of alkyl halides is 3. The van der Waals surface area contributed by atoms with E-state index in [0.717, 1.165) is 18.2 Å². The molecular weight excluding hydrogens is 257 g/mol. The Morgan fingerprint density at radius 1 is 1.16 bits per heavy atom. The standard InChI is InChI=1S/C12H7F3N4/c13-12(14,15)7-1-2-10(17)9(3-7)11-6-18-8(4-16)5-19-11/h1-3,5-6H,17H2. The van der Waals surface area contributed by atoms with Crippen molar-refractivity contribution in [3.63, 3.8) is 0 Å². The molecule has 0 amide bonds. The first-order chi connectivity index (χ1) is 8.91. The van der Waals surface area contributed by atoms with Crippen LogP contribution < -0.4 is 5.73 Å². The molecule has 1 aromatic carbocycles. The molecule has 2 N–H and O–H groups in total. The van der Waals surface area contributed by atoms with Crippen molar-refractivity contribution in [3.8, 4) is 17.3 Å². The van der Waals surface area contributed by atoms with E-state index < -0.39 is 11.7 Å². The van der Waals surface area contributed by atoms with E-state index in [4.69, 9.17) is 11.0 Å². The van der Waals surface area contributed by atoms with Gasteiger partial charge in [0.15, 0.2) is 5.69 Å². The van der Waals surface area contributed by atoms with Crippen LogP contribution in [-0.4, -0.2) is 9.97 Å². The summed E-state index contributed by atoms with van der Waals surface area (Å²) in [5.74, 6) is 0. The van der Waals surface area contributed by atoms with Crippen LogP contribution in [0.3, 0.4) is 0 Å². The molecule has 0 aliphatic heterocycles. The smallest absolute Gasteiger partial charge is 0.398 e. The van der Waals surface area contributed by atoms with Gasteiger partial charge in [-0.05, 0) is 18.2 Å². The van der Waals surface area contributed by atoms with Crippen LogP contribution in [0.15, 0.2) is 30.6 Å². The van der Waals surface area contributed by atoms with E-state index in [1.165, 1.54) is 12.4 Å². The van der Waals surface area contributed by atoms with Crippen molar-refractivity contribution in [2.45, 2.75) is 6.18 Å². The van der Waals surface area contributed by atoms with Gasteiger partial charge in [-0.1, -0.05) is 0 Å². The normalized spacial score (nSPS) is 11.1. The monoisotopic (exact) mass is 264 g/mol. The molecule has 19 heavy (non-hydrogen) atoms. The van der Waals surface area contributed by atoms with E-state index in [2.05, 4.69) is 9.97 Å². The van der Waals surface area contributed by atoms with Crippen LogP contribution in [0.1, 0.15) is 11.3 Å². The third kappa shape index (κ3) is 2.63. The highest BCUT2D eigenvalue weighted by Crippen LogP contribution is 2.34. The molecule has 1 aromatic heterocycles. The number of hydrogen-bond donors (Lipinski definition) is 1. The molecule has 96 valence electrons. The average Bonchev–Trinajstić information content (AvgIpc) is 2.38. The molecule has 0 saturated heterocycles. The number of rotatable bonds is 1. The lowest BCUT2D eigenvalue weighted by Crippen LogP contribution is -2.06. The number of aromatic nitrogens is 2. The first-order valence-electron chi connectivity index (χ1n) is 5.11. The van der Waals surface area contributed by atoms with Gasteiger partial charge in [0.05, 0.1) is 23.7 Å². The maximum Gasteiger partial charge on any atom is 0.416 e. The SMILES string of the molecule is N#Cc1cnc(-c2cc(C(F)(F)F)ccc2N)cn1. The van der Waals surface area contributed by atoms with E-state index in [1.807, 2.05) is 0 Å². The third-order valence-corrected chi connectivity index (χ3v) is 2.42. The number of benzene rings is 1. The molecule has 7 heteroatoms. The van der Waals surface area contributed by atoms with Gasteiger partial charge in [0.25, 0.3) is 0 Å². The zero-order valence-electron chi connectivity index (χ0n) is 9.44. The van der Waals surface area contributed by atoms with Gasteiger partial charge < -0.3 is 5.73 Å². The number of halogens is 3. The van der Waals surface area contributed by atoms with Crippen LogP contribution in [0.25, 0.3) is 11.3 Å². The molecule has 2 rings (SSSR count). The van der Waals surface area contributed by atoms with Gasteiger partial charge in [-0.25, -0.2) is 4.98 Å². The molecule has 0 aliphatic rings. The first-order valence-corrected chi connectivity index (χ1v) is 5.11. The summed E-state index contributed by atoms with van der Waals surface area (Å²) in [6.07, 6.45) is -2.07. The van der Waals surface area contributed by atoms with Crippen molar-refractivity contribution in [1.29, 1.82) is 5.26 Å². The number of nitrogens with two attached hydrogens (primary N) is 1. The summed E-state index contributed by atoms with van der Waals surface area (Å²) < 4.78 is 37.8. The Kier molecular flexibility index (Phi) is 3.09. The van der Waals surface area contributed by atoms with E-state index in [0.29, 0.717) is 0 Å². The lowest BCUT2D eigenvalue weighted by atomic mass is 10.1. The summed E-state index contributed by atoms with van der Waals surface area (Å²) in [4.78, 5) is 7.62. The molecule has 0 radical (unpaired) electrons. The Balaban J connectivity index is 2.52. The fourth-order valence-corrected chi connectivity index (χ4v) is 1.48. The van der Waals surface area contributed by atoms with Crippen molar-refractivity contribution in [1.82, 2.24) is 9.97 Å². The van der Waals surface area contributed by atoms with Gasteiger partial charge in [0, 0.05) is 11.3 Å². The highest BCUT2D eigenvalue weighted by atomic mass is 19.4. The Labute approximate surface area is 106 Å². The van der Waals surface area contributed by atoms with Crippen molar-refractivity contribution in [3.05, 3.63) is 41.9 Å². The Hall–Kier alpha value is -2.62. The number of nitrogens with zero attached hydrogens (tertiary/aromatic N) is 3. The van der Waals surface area contributed by atoms with Crippen LogP contribution >= 0.6 is 0 Å². The molecule has 0 fully saturated rings. The van der Waals surface area contributed by atoms with Crippen molar-refractivity contribution in [2.24, 2.45) is 0 Å². The molecule has 4 nitrogen and oxygen atoms in total. The molecule has 0 bridgehead atoms. The molecule has 0 spiro atoms. The summed E-state index contributed by atoms with van der Waals surface area (Å²) in [6, 6.07) is 4.74. The van der Waals surface area contributed by atoms with Crippen LogP contribution in [0.4, 0.5) is 18.9 Å². The van der Waals surface area contributed by atoms with Crippen molar-refractivity contribution >= 4 is 5.69 Å². The molecule has 1 heterocycles. The predicted molar refractivity (Wildman–Crippen MR) is 61.6 cm³/mol. The van der Waals surface area contributed by atoms with Crippen LogP contribution in [0, 0.1) is 11.3 Å². The van der Waals surface area contributed by atoms with Crippen LogP contribution in [-0.2, 0) is 6.18 Å². The van der Waals surface area contributed by atoms with E-state index in [9.17, 15) is 13.2 Å². The second kappa shape index (κ2) is 4.57. The molecule has 2 aromatic rings. The molecular formula is C12H7F3N4. The molecule has 0 atom stereocenters. The zero-order valence-corrected chi connectivity index (χ0v) is 9.44. The second-order valence-electron chi connectivity index (χ2n) is 3.70. The Bertz CT molecular complexity index is 642. The summed E-state index contributed by atoms with van der Waals surface area (Å²) in [7, 11) is 0. The topological polar surface area (TPSA) is 75.6 Å². The number of nitrogen functional groups attached to an aromatic ring is 1. The first kappa shape index (κ1) is 12.8.